The second kappa shape index (κ2) is 9.81. The van der Waals surface area contributed by atoms with E-state index in [2.05, 4.69) is 11.7 Å². The molecule has 3 aromatic rings. The van der Waals surface area contributed by atoms with Gasteiger partial charge in [-0.05, 0) is 49.1 Å². The van der Waals surface area contributed by atoms with E-state index in [1.807, 2.05) is 36.4 Å². The molecule has 6 nitrogen and oxygen atoms in total. The Labute approximate surface area is 188 Å². The Balaban J connectivity index is 1.83. The van der Waals surface area contributed by atoms with Crippen LogP contribution in [0.4, 0.5) is 0 Å². The van der Waals surface area contributed by atoms with Crippen LogP contribution in [0.5, 0.6) is 11.5 Å². The SMILES string of the molecule is C=CCc1cc(C=Nn2c(C3CCCCC3)nc3ccccc3c2=O)cc(OC)c1OC. The summed E-state index contributed by atoms with van der Waals surface area (Å²) >= 11 is 0. The summed E-state index contributed by atoms with van der Waals surface area (Å²) in [5.74, 6) is 2.28. The van der Waals surface area contributed by atoms with E-state index in [4.69, 9.17) is 14.5 Å². The third-order valence-electron chi connectivity index (χ3n) is 6.01. The highest BCUT2D eigenvalue weighted by Gasteiger charge is 2.22. The number of benzene rings is 2. The molecule has 0 spiro atoms. The summed E-state index contributed by atoms with van der Waals surface area (Å²) in [5.41, 5.74) is 2.34. The molecule has 0 aliphatic heterocycles. The number of allylic oxidation sites excluding steroid dienone is 1. The second-order valence-corrected chi connectivity index (χ2v) is 8.09. The predicted octanol–water partition coefficient (Wildman–Crippen LogP) is 5.07. The van der Waals surface area contributed by atoms with E-state index in [0.29, 0.717) is 23.3 Å². The molecule has 0 bridgehead atoms. The quantitative estimate of drug-likeness (QED) is 0.387. The molecular weight excluding hydrogens is 402 g/mol. The minimum absolute atomic E-state index is 0.140. The number of hydrogen-bond acceptors (Lipinski definition) is 5. The molecule has 0 saturated heterocycles. The Morgan fingerprint density at radius 2 is 1.94 bits per heavy atom. The number of rotatable bonds is 7. The molecule has 1 saturated carbocycles. The van der Waals surface area contributed by atoms with Gasteiger partial charge < -0.3 is 9.47 Å². The van der Waals surface area contributed by atoms with Crippen molar-refractivity contribution >= 4 is 17.1 Å². The van der Waals surface area contributed by atoms with Crippen LogP contribution in [-0.4, -0.2) is 30.1 Å². The Morgan fingerprint density at radius 1 is 1.16 bits per heavy atom. The van der Waals surface area contributed by atoms with Crippen molar-refractivity contribution < 1.29 is 9.47 Å². The topological polar surface area (TPSA) is 65.7 Å². The third-order valence-corrected chi connectivity index (χ3v) is 6.01. The molecule has 166 valence electrons. The highest BCUT2D eigenvalue weighted by atomic mass is 16.5. The largest absolute Gasteiger partial charge is 0.493 e. The van der Waals surface area contributed by atoms with Crippen molar-refractivity contribution in [3.63, 3.8) is 0 Å². The zero-order valence-corrected chi connectivity index (χ0v) is 18.7. The van der Waals surface area contributed by atoms with Crippen LogP contribution in [0.25, 0.3) is 10.9 Å². The lowest BCUT2D eigenvalue weighted by atomic mass is 9.88. The van der Waals surface area contributed by atoms with Gasteiger partial charge in [0.05, 0.1) is 31.3 Å². The molecule has 1 aliphatic rings. The maximum atomic E-state index is 13.4. The van der Waals surface area contributed by atoms with Gasteiger partial charge in [-0.2, -0.15) is 9.78 Å². The molecule has 0 amide bonds. The standard InChI is InChI=1S/C26H29N3O3/c1-4-10-20-15-18(16-23(31-2)24(20)32-3)17-27-29-25(19-11-6-5-7-12-19)28-22-14-9-8-13-21(22)26(29)30/h4,8-9,13-17,19H,1,5-7,10-12H2,2-3H3. The lowest BCUT2D eigenvalue weighted by Gasteiger charge is -2.22. The fourth-order valence-electron chi connectivity index (χ4n) is 4.45. The van der Waals surface area contributed by atoms with Gasteiger partial charge in [0, 0.05) is 11.5 Å². The van der Waals surface area contributed by atoms with Crippen molar-refractivity contribution in [1.82, 2.24) is 9.66 Å². The molecule has 6 heteroatoms. The Bertz CT molecular complexity index is 1210. The van der Waals surface area contributed by atoms with E-state index in [0.717, 1.165) is 48.2 Å². The maximum Gasteiger partial charge on any atom is 0.282 e. The average Bonchev–Trinajstić information content (AvgIpc) is 2.83. The number of fused-ring (bicyclic) bond motifs is 1. The van der Waals surface area contributed by atoms with Crippen LogP contribution in [0.15, 0.2) is 58.9 Å². The van der Waals surface area contributed by atoms with Crippen LogP contribution in [0.3, 0.4) is 0 Å². The molecule has 0 unspecified atom stereocenters. The first-order valence-electron chi connectivity index (χ1n) is 11.1. The molecule has 1 aromatic heterocycles. The van der Waals surface area contributed by atoms with Gasteiger partial charge in [-0.1, -0.05) is 37.5 Å². The number of nitrogens with zero attached hydrogens (tertiary/aromatic N) is 3. The highest BCUT2D eigenvalue weighted by Crippen LogP contribution is 2.33. The van der Waals surface area contributed by atoms with E-state index >= 15 is 0 Å². The van der Waals surface area contributed by atoms with E-state index in [-0.39, 0.29) is 11.5 Å². The summed E-state index contributed by atoms with van der Waals surface area (Å²) in [5, 5.41) is 5.20. The monoisotopic (exact) mass is 431 g/mol. The molecular formula is C26H29N3O3. The number of ether oxygens (including phenoxy) is 2. The zero-order valence-electron chi connectivity index (χ0n) is 18.7. The van der Waals surface area contributed by atoms with Gasteiger partial charge in [-0.15, -0.1) is 6.58 Å². The lowest BCUT2D eigenvalue weighted by Crippen LogP contribution is -2.25. The van der Waals surface area contributed by atoms with Gasteiger partial charge in [0.25, 0.3) is 5.56 Å². The van der Waals surface area contributed by atoms with Gasteiger partial charge >= 0.3 is 0 Å². The Morgan fingerprint density at radius 3 is 2.66 bits per heavy atom. The smallest absolute Gasteiger partial charge is 0.282 e. The van der Waals surface area contributed by atoms with Crippen LogP contribution in [-0.2, 0) is 6.42 Å². The van der Waals surface area contributed by atoms with Crippen LogP contribution in [0.2, 0.25) is 0 Å². The third kappa shape index (κ3) is 4.31. The fraction of sp³-hybridized carbons (Fsp3) is 0.346. The van der Waals surface area contributed by atoms with Crippen LogP contribution >= 0.6 is 0 Å². The molecule has 1 fully saturated rings. The molecule has 0 N–H and O–H groups in total. The number of methoxy groups -OCH3 is 2. The summed E-state index contributed by atoms with van der Waals surface area (Å²) in [7, 11) is 3.23. The minimum Gasteiger partial charge on any atom is -0.493 e. The van der Waals surface area contributed by atoms with Crippen molar-refractivity contribution in [3.8, 4) is 11.5 Å². The molecule has 1 heterocycles. The summed E-state index contributed by atoms with van der Waals surface area (Å²) in [4.78, 5) is 18.2. The summed E-state index contributed by atoms with van der Waals surface area (Å²) in [6.07, 6.45) is 9.73. The molecule has 4 rings (SSSR count). The second-order valence-electron chi connectivity index (χ2n) is 8.09. The van der Waals surface area contributed by atoms with Gasteiger partial charge in [0.2, 0.25) is 0 Å². The van der Waals surface area contributed by atoms with E-state index in [1.165, 1.54) is 11.1 Å². The van der Waals surface area contributed by atoms with Crippen LogP contribution in [0.1, 0.15) is 55.0 Å². The Hall–Kier alpha value is -3.41. The lowest BCUT2D eigenvalue weighted by molar-refractivity contribution is 0.352. The fourth-order valence-corrected chi connectivity index (χ4v) is 4.45. The molecule has 0 radical (unpaired) electrons. The zero-order chi connectivity index (χ0) is 22.5. The first-order chi connectivity index (χ1) is 15.7. The highest BCUT2D eigenvalue weighted by molar-refractivity contribution is 5.82. The summed E-state index contributed by atoms with van der Waals surface area (Å²) < 4.78 is 12.5. The van der Waals surface area contributed by atoms with Crippen molar-refractivity contribution in [2.75, 3.05) is 14.2 Å². The van der Waals surface area contributed by atoms with E-state index in [9.17, 15) is 4.79 Å². The summed E-state index contributed by atoms with van der Waals surface area (Å²) in [6, 6.07) is 11.3. The molecule has 1 aliphatic carbocycles. The predicted molar refractivity (Wildman–Crippen MR) is 128 cm³/mol. The summed E-state index contributed by atoms with van der Waals surface area (Å²) in [6.45, 7) is 3.83. The first-order valence-corrected chi connectivity index (χ1v) is 11.1. The average molecular weight is 432 g/mol. The minimum atomic E-state index is -0.140. The van der Waals surface area contributed by atoms with Crippen molar-refractivity contribution in [1.29, 1.82) is 0 Å². The number of para-hydroxylation sites is 1. The number of aromatic nitrogens is 2. The van der Waals surface area contributed by atoms with Gasteiger partial charge in [0.1, 0.15) is 5.82 Å². The van der Waals surface area contributed by atoms with Gasteiger partial charge in [-0.25, -0.2) is 4.98 Å². The first kappa shape index (κ1) is 21.8. The Kier molecular flexibility index (Phi) is 6.69. The van der Waals surface area contributed by atoms with Crippen molar-refractivity contribution in [2.45, 2.75) is 44.4 Å². The molecule has 32 heavy (non-hydrogen) atoms. The van der Waals surface area contributed by atoms with Crippen molar-refractivity contribution in [2.24, 2.45) is 5.10 Å². The van der Waals surface area contributed by atoms with E-state index in [1.54, 1.807) is 26.5 Å². The van der Waals surface area contributed by atoms with Crippen LogP contribution in [0, 0.1) is 0 Å². The van der Waals surface area contributed by atoms with Gasteiger partial charge in [-0.3, -0.25) is 4.79 Å². The maximum absolute atomic E-state index is 13.4. The van der Waals surface area contributed by atoms with Gasteiger partial charge in [0.15, 0.2) is 11.5 Å². The van der Waals surface area contributed by atoms with Crippen molar-refractivity contribution in [3.05, 3.63) is 76.4 Å². The number of hydrogen-bond donors (Lipinski definition) is 0. The van der Waals surface area contributed by atoms with E-state index < -0.39 is 0 Å². The van der Waals surface area contributed by atoms with Crippen LogP contribution < -0.4 is 15.0 Å². The normalized spacial score (nSPS) is 14.7. The molecule has 2 aromatic carbocycles. The molecule has 0 atom stereocenters.